The number of hydrogen-bond donors (Lipinski definition) is 1. The van der Waals surface area contributed by atoms with Crippen molar-refractivity contribution in [2.45, 2.75) is 52.6 Å². The summed E-state index contributed by atoms with van der Waals surface area (Å²) in [4.78, 5) is 5.83. The van der Waals surface area contributed by atoms with Gasteiger partial charge in [-0.05, 0) is 17.5 Å². The average molecular weight is 288 g/mol. The van der Waals surface area contributed by atoms with Crippen LogP contribution in [-0.2, 0) is 24.9 Å². The molecule has 20 heavy (non-hydrogen) atoms. The normalized spacial score (nSPS) is 11.8. The standard InChI is InChI=1S/C17H24N2S/c1-5-13-8-6-7-9-14(13)10-18-11-15-12-19-16(20-15)17(2,3)4/h6-9,12,18H,5,10-11H2,1-4H3. The molecule has 0 aliphatic carbocycles. The number of hydrogen-bond acceptors (Lipinski definition) is 3. The molecule has 108 valence electrons. The summed E-state index contributed by atoms with van der Waals surface area (Å²) in [6.07, 6.45) is 3.09. The van der Waals surface area contributed by atoms with Crippen LogP contribution >= 0.6 is 11.3 Å². The van der Waals surface area contributed by atoms with E-state index in [1.807, 2.05) is 17.5 Å². The molecule has 0 fully saturated rings. The first-order chi connectivity index (χ1) is 9.50. The molecule has 2 aromatic rings. The van der Waals surface area contributed by atoms with Gasteiger partial charge in [-0.1, -0.05) is 52.0 Å². The summed E-state index contributed by atoms with van der Waals surface area (Å²) in [5, 5.41) is 4.74. The van der Waals surface area contributed by atoms with Crippen molar-refractivity contribution in [3.63, 3.8) is 0 Å². The molecule has 0 atom stereocenters. The second kappa shape index (κ2) is 6.51. The van der Waals surface area contributed by atoms with Crippen molar-refractivity contribution >= 4 is 11.3 Å². The van der Waals surface area contributed by atoms with E-state index in [0.717, 1.165) is 19.5 Å². The lowest BCUT2D eigenvalue weighted by molar-refractivity contribution is 0.585. The highest BCUT2D eigenvalue weighted by Crippen LogP contribution is 2.26. The molecule has 0 radical (unpaired) electrons. The third-order valence-electron chi connectivity index (χ3n) is 3.31. The van der Waals surface area contributed by atoms with Gasteiger partial charge in [-0.2, -0.15) is 0 Å². The molecule has 1 aromatic heterocycles. The van der Waals surface area contributed by atoms with E-state index < -0.39 is 0 Å². The topological polar surface area (TPSA) is 24.9 Å². The third kappa shape index (κ3) is 3.90. The molecule has 0 saturated carbocycles. The van der Waals surface area contributed by atoms with E-state index in [2.05, 4.69) is 62.3 Å². The van der Waals surface area contributed by atoms with E-state index in [1.165, 1.54) is 21.0 Å². The number of aryl methyl sites for hydroxylation is 1. The first-order valence-electron chi connectivity index (χ1n) is 7.23. The zero-order valence-corrected chi connectivity index (χ0v) is 13.7. The fourth-order valence-corrected chi connectivity index (χ4v) is 3.07. The average Bonchev–Trinajstić information content (AvgIpc) is 2.88. The Labute approximate surface area is 126 Å². The molecule has 0 bridgehead atoms. The SMILES string of the molecule is CCc1ccccc1CNCc1cnc(C(C)(C)C)s1. The first kappa shape index (κ1) is 15.2. The molecule has 3 heteroatoms. The maximum absolute atomic E-state index is 4.53. The predicted molar refractivity (Wildman–Crippen MR) is 87.2 cm³/mol. The quantitative estimate of drug-likeness (QED) is 0.887. The number of aromatic nitrogens is 1. The molecular formula is C17H24N2S. The zero-order valence-electron chi connectivity index (χ0n) is 12.9. The van der Waals surface area contributed by atoms with Gasteiger partial charge in [0.25, 0.3) is 0 Å². The maximum atomic E-state index is 4.53. The van der Waals surface area contributed by atoms with Crippen LogP contribution in [0.4, 0.5) is 0 Å². The van der Waals surface area contributed by atoms with Gasteiger partial charge in [-0.3, -0.25) is 0 Å². The van der Waals surface area contributed by atoms with E-state index in [9.17, 15) is 0 Å². The molecule has 0 spiro atoms. The molecule has 1 heterocycles. The maximum Gasteiger partial charge on any atom is 0.0981 e. The highest BCUT2D eigenvalue weighted by molar-refractivity contribution is 7.11. The van der Waals surface area contributed by atoms with Gasteiger partial charge in [0.1, 0.15) is 0 Å². The second-order valence-corrected chi connectivity index (χ2v) is 7.22. The van der Waals surface area contributed by atoms with Crippen molar-refractivity contribution in [2.24, 2.45) is 0 Å². The van der Waals surface area contributed by atoms with Crippen molar-refractivity contribution in [1.29, 1.82) is 0 Å². The van der Waals surface area contributed by atoms with Crippen molar-refractivity contribution in [3.8, 4) is 0 Å². The zero-order chi connectivity index (χ0) is 14.6. The summed E-state index contributed by atoms with van der Waals surface area (Å²) in [5.74, 6) is 0. The fourth-order valence-electron chi connectivity index (χ4n) is 2.13. The fraction of sp³-hybridized carbons (Fsp3) is 0.471. The Balaban J connectivity index is 1.91. The summed E-state index contributed by atoms with van der Waals surface area (Å²) in [6.45, 7) is 10.7. The number of nitrogens with zero attached hydrogens (tertiary/aromatic N) is 1. The molecule has 0 aliphatic rings. The minimum atomic E-state index is 0.151. The molecule has 0 unspecified atom stereocenters. The molecular weight excluding hydrogens is 264 g/mol. The molecule has 2 rings (SSSR count). The summed E-state index contributed by atoms with van der Waals surface area (Å²) in [6, 6.07) is 8.64. The van der Waals surface area contributed by atoms with E-state index in [-0.39, 0.29) is 5.41 Å². The van der Waals surface area contributed by atoms with Crippen LogP contribution in [0.3, 0.4) is 0 Å². The number of benzene rings is 1. The molecule has 0 amide bonds. The first-order valence-corrected chi connectivity index (χ1v) is 8.05. The number of rotatable bonds is 5. The Kier molecular flexibility index (Phi) is 4.95. The summed E-state index contributed by atoms with van der Waals surface area (Å²) >= 11 is 1.81. The Bertz CT molecular complexity index is 552. The van der Waals surface area contributed by atoms with Gasteiger partial charge >= 0.3 is 0 Å². The minimum Gasteiger partial charge on any atom is -0.308 e. The van der Waals surface area contributed by atoms with Crippen LogP contribution in [-0.4, -0.2) is 4.98 Å². The largest absolute Gasteiger partial charge is 0.308 e. The van der Waals surface area contributed by atoms with Crippen molar-refractivity contribution in [1.82, 2.24) is 10.3 Å². The molecule has 1 aromatic carbocycles. The van der Waals surface area contributed by atoms with Gasteiger partial charge < -0.3 is 5.32 Å². The van der Waals surface area contributed by atoms with E-state index in [0.29, 0.717) is 0 Å². The van der Waals surface area contributed by atoms with Crippen LogP contribution in [0.25, 0.3) is 0 Å². The Morgan fingerprint density at radius 2 is 1.80 bits per heavy atom. The van der Waals surface area contributed by atoms with Crippen molar-refractivity contribution in [2.75, 3.05) is 0 Å². The van der Waals surface area contributed by atoms with Crippen LogP contribution in [0.15, 0.2) is 30.5 Å². The Morgan fingerprint density at radius 3 is 2.40 bits per heavy atom. The van der Waals surface area contributed by atoms with Gasteiger partial charge in [-0.25, -0.2) is 4.98 Å². The molecule has 0 aliphatic heterocycles. The van der Waals surface area contributed by atoms with Crippen LogP contribution in [0.5, 0.6) is 0 Å². The lowest BCUT2D eigenvalue weighted by Crippen LogP contribution is -2.13. The number of thiazole rings is 1. The lowest BCUT2D eigenvalue weighted by Gasteiger charge is -2.13. The second-order valence-electron chi connectivity index (χ2n) is 6.11. The van der Waals surface area contributed by atoms with Crippen LogP contribution in [0, 0.1) is 0 Å². The van der Waals surface area contributed by atoms with Gasteiger partial charge in [0.15, 0.2) is 0 Å². The molecule has 1 N–H and O–H groups in total. The van der Waals surface area contributed by atoms with Crippen LogP contribution in [0.1, 0.15) is 48.7 Å². The predicted octanol–water partition coefficient (Wildman–Crippen LogP) is 4.29. The molecule has 0 saturated heterocycles. The van der Waals surface area contributed by atoms with Gasteiger partial charge in [0, 0.05) is 29.6 Å². The van der Waals surface area contributed by atoms with E-state index in [1.54, 1.807) is 0 Å². The van der Waals surface area contributed by atoms with E-state index in [4.69, 9.17) is 0 Å². The monoisotopic (exact) mass is 288 g/mol. The van der Waals surface area contributed by atoms with Gasteiger partial charge in [0.2, 0.25) is 0 Å². The van der Waals surface area contributed by atoms with Crippen LogP contribution < -0.4 is 5.32 Å². The smallest absolute Gasteiger partial charge is 0.0981 e. The Morgan fingerprint density at radius 1 is 1.10 bits per heavy atom. The van der Waals surface area contributed by atoms with Gasteiger partial charge in [0.05, 0.1) is 5.01 Å². The van der Waals surface area contributed by atoms with E-state index >= 15 is 0 Å². The number of nitrogens with one attached hydrogen (secondary N) is 1. The molecule has 2 nitrogen and oxygen atoms in total. The summed E-state index contributed by atoms with van der Waals surface area (Å²) in [5.41, 5.74) is 2.98. The minimum absolute atomic E-state index is 0.151. The third-order valence-corrected chi connectivity index (χ3v) is 4.73. The van der Waals surface area contributed by atoms with Crippen LogP contribution in [0.2, 0.25) is 0 Å². The van der Waals surface area contributed by atoms with Crippen molar-refractivity contribution in [3.05, 3.63) is 51.5 Å². The lowest BCUT2D eigenvalue weighted by atomic mass is 9.98. The Hall–Kier alpha value is -1.19. The van der Waals surface area contributed by atoms with Crippen molar-refractivity contribution < 1.29 is 0 Å². The van der Waals surface area contributed by atoms with Gasteiger partial charge in [-0.15, -0.1) is 11.3 Å². The highest BCUT2D eigenvalue weighted by atomic mass is 32.1. The summed E-state index contributed by atoms with van der Waals surface area (Å²) in [7, 11) is 0. The highest BCUT2D eigenvalue weighted by Gasteiger charge is 2.17. The summed E-state index contributed by atoms with van der Waals surface area (Å²) < 4.78 is 0.